The van der Waals surface area contributed by atoms with Crippen LogP contribution in [0.5, 0.6) is 0 Å². The van der Waals surface area contributed by atoms with Gasteiger partial charge in [-0.25, -0.2) is 4.98 Å². The molecule has 2 atom stereocenters. The van der Waals surface area contributed by atoms with E-state index in [1.165, 1.54) is 30.8 Å². The van der Waals surface area contributed by atoms with Gasteiger partial charge in [-0.2, -0.15) is 0 Å². The molecule has 1 aliphatic carbocycles. The number of hydrogen-bond donors (Lipinski definition) is 0. The molecule has 1 aliphatic heterocycles. The van der Waals surface area contributed by atoms with Crippen LogP contribution in [0.1, 0.15) is 36.7 Å². The SMILES string of the molecule is Cc1cccc(-c2nc3n(c2-c2ccc4nccnc4c2)CC2CCC3C2)n1. The zero-order chi connectivity index (χ0) is 18.7. The summed E-state index contributed by atoms with van der Waals surface area (Å²) in [4.78, 5) is 18.9. The number of imidazole rings is 1. The molecule has 0 amide bonds. The minimum atomic E-state index is 0.580. The molecule has 0 radical (unpaired) electrons. The lowest BCUT2D eigenvalue weighted by Crippen LogP contribution is -2.18. The van der Waals surface area contributed by atoms with Crippen molar-refractivity contribution in [1.29, 1.82) is 0 Å². The van der Waals surface area contributed by atoms with E-state index in [0.29, 0.717) is 5.92 Å². The highest BCUT2D eigenvalue weighted by Crippen LogP contribution is 2.47. The molecule has 138 valence electrons. The van der Waals surface area contributed by atoms with Crippen molar-refractivity contribution in [1.82, 2.24) is 24.5 Å². The molecular weight excluding hydrogens is 346 g/mol. The summed E-state index contributed by atoms with van der Waals surface area (Å²) in [6.45, 7) is 3.09. The molecule has 0 N–H and O–H groups in total. The van der Waals surface area contributed by atoms with Crippen molar-refractivity contribution >= 4 is 11.0 Å². The first-order valence-electron chi connectivity index (χ1n) is 10.0. The molecular formula is C23H21N5. The van der Waals surface area contributed by atoms with E-state index in [4.69, 9.17) is 9.97 Å². The van der Waals surface area contributed by atoms with E-state index >= 15 is 0 Å². The molecule has 0 spiro atoms. The summed E-state index contributed by atoms with van der Waals surface area (Å²) < 4.78 is 2.46. The largest absolute Gasteiger partial charge is 0.327 e. The van der Waals surface area contributed by atoms with Crippen molar-refractivity contribution in [3.63, 3.8) is 0 Å². The number of aromatic nitrogens is 5. The Bertz CT molecular complexity index is 1210. The molecule has 1 saturated carbocycles. The second kappa shape index (κ2) is 5.96. The first-order valence-corrected chi connectivity index (χ1v) is 10.0. The molecule has 2 aliphatic rings. The van der Waals surface area contributed by atoms with Gasteiger partial charge >= 0.3 is 0 Å². The number of aryl methyl sites for hydroxylation is 1. The van der Waals surface area contributed by atoms with Crippen LogP contribution in [0.15, 0.2) is 48.8 Å². The second-order valence-corrected chi connectivity index (χ2v) is 8.08. The molecule has 4 heterocycles. The first kappa shape index (κ1) is 15.9. The minimum absolute atomic E-state index is 0.580. The summed E-state index contributed by atoms with van der Waals surface area (Å²) in [5.41, 5.74) is 7.11. The highest BCUT2D eigenvalue weighted by atomic mass is 15.1. The molecule has 5 nitrogen and oxygen atoms in total. The molecule has 3 aromatic heterocycles. The number of nitrogens with zero attached hydrogens (tertiary/aromatic N) is 5. The molecule has 5 heteroatoms. The van der Waals surface area contributed by atoms with Crippen LogP contribution in [0.2, 0.25) is 0 Å². The number of rotatable bonds is 2. The Morgan fingerprint density at radius 2 is 1.86 bits per heavy atom. The van der Waals surface area contributed by atoms with E-state index in [-0.39, 0.29) is 0 Å². The maximum Gasteiger partial charge on any atom is 0.115 e. The van der Waals surface area contributed by atoms with E-state index in [2.05, 4.69) is 44.9 Å². The van der Waals surface area contributed by atoms with Gasteiger partial charge in [-0.1, -0.05) is 12.1 Å². The number of pyridine rings is 1. The molecule has 4 aromatic rings. The van der Waals surface area contributed by atoms with Crippen LogP contribution in [-0.4, -0.2) is 24.5 Å². The van der Waals surface area contributed by atoms with E-state index in [1.807, 2.05) is 13.0 Å². The smallest absolute Gasteiger partial charge is 0.115 e. The molecule has 1 fully saturated rings. The fourth-order valence-electron chi connectivity index (χ4n) is 4.96. The van der Waals surface area contributed by atoms with Crippen LogP contribution in [0.25, 0.3) is 33.7 Å². The topological polar surface area (TPSA) is 56.5 Å². The van der Waals surface area contributed by atoms with Gasteiger partial charge in [-0.15, -0.1) is 0 Å². The molecule has 2 unspecified atom stereocenters. The van der Waals surface area contributed by atoms with Crippen molar-refractivity contribution in [3.05, 3.63) is 60.3 Å². The Kier molecular flexibility index (Phi) is 3.39. The predicted molar refractivity (Wildman–Crippen MR) is 109 cm³/mol. The summed E-state index contributed by atoms with van der Waals surface area (Å²) in [6.07, 6.45) is 7.34. The van der Waals surface area contributed by atoms with Crippen molar-refractivity contribution in [3.8, 4) is 22.6 Å². The fraction of sp³-hybridized carbons (Fsp3) is 0.304. The Morgan fingerprint density at radius 1 is 0.964 bits per heavy atom. The third-order valence-corrected chi connectivity index (χ3v) is 6.22. The van der Waals surface area contributed by atoms with Gasteiger partial charge in [0.2, 0.25) is 0 Å². The third kappa shape index (κ3) is 2.39. The average molecular weight is 367 g/mol. The predicted octanol–water partition coefficient (Wildman–Crippen LogP) is 4.76. The maximum atomic E-state index is 5.16. The van der Waals surface area contributed by atoms with Gasteiger partial charge in [0.25, 0.3) is 0 Å². The van der Waals surface area contributed by atoms with Crippen molar-refractivity contribution in [2.24, 2.45) is 5.92 Å². The van der Waals surface area contributed by atoms with Gasteiger partial charge in [0.15, 0.2) is 0 Å². The number of fused-ring (bicyclic) bond motifs is 5. The molecule has 28 heavy (non-hydrogen) atoms. The normalized spacial score (nSPS) is 20.5. The molecule has 0 saturated heterocycles. The highest BCUT2D eigenvalue weighted by molar-refractivity contribution is 5.85. The van der Waals surface area contributed by atoms with Crippen LogP contribution < -0.4 is 0 Å². The van der Waals surface area contributed by atoms with Crippen molar-refractivity contribution < 1.29 is 0 Å². The van der Waals surface area contributed by atoms with Gasteiger partial charge in [-0.3, -0.25) is 15.0 Å². The Labute approximate surface area is 163 Å². The standard InChI is InChI=1S/C23H21N5/c1-14-3-2-4-19(26-14)21-22(16-7-8-18-20(12-16)25-10-9-24-18)28-13-15-5-6-17(11-15)23(28)27-21/h2-4,7-10,12,15,17H,5-6,11,13H2,1H3. The van der Waals surface area contributed by atoms with Gasteiger partial charge in [0, 0.05) is 36.1 Å². The Balaban J connectivity index is 1.62. The highest BCUT2D eigenvalue weighted by Gasteiger charge is 2.37. The summed E-state index contributed by atoms with van der Waals surface area (Å²) in [6, 6.07) is 12.5. The van der Waals surface area contributed by atoms with Crippen LogP contribution >= 0.6 is 0 Å². The van der Waals surface area contributed by atoms with Crippen LogP contribution in [0.3, 0.4) is 0 Å². The van der Waals surface area contributed by atoms with E-state index in [1.54, 1.807) is 12.4 Å². The third-order valence-electron chi connectivity index (χ3n) is 6.22. The first-order chi connectivity index (χ1) is 13.8. The van der Waals surface area contributed by atoms with E-state index in [9.17, 15) is 0 Å². The van der Waals surface area contributed by atoms with Gasteiger partial charge in [0.05, 0.1) is 22.4 Å². The quantitative estimate of drug-likeness (QED) is 0.512. The van der Waals surface area contributed by atoms with Crippen LogP contribution in [0.4, 0.5) is 0 Å². The monoisotopic (exact) mass is 367 g/mol. The zero-order valence-corrected chi connectivity index (χ0v) is 15.8. The lowest BCUT2D eigenvalue weighted by Gasteiger charge is -2.23. The molecule has 1 aromatic carbocycles. The summed E-state index contributed by atoms with van der Waals surface area (Å²) >= 11 is 0. The summed E-state index contributed by atoms with van der Waals surface area (Å²) in [5.74, 6) is 2.58. The minimum Gasteiger partial charge on any atom is -0.327 e. The van der Waals surface area contributed by atoms with E-state index in [0.717, 1.165) is 46.1 Å². The van der Waals surface area contributed by atoms with Gasteiger partial charge in [-0.05, 0) is 56.4 Å². The molecule has 6 rings (SSSR count). The van der Waals surface area contributed by atoms with Crippen LogP contribution in [-0.2, 0) is 6.54 Å². The van der Waals surface area contributed by atoms with Crippen LogP contribution in [0, 0.1) is 12.8 Å². The van der Waals surface area contributed by atoms with Crippen molar-refractivity contribution in [2.45, 2.75) is 38.6 Å². The van der Waals surface area contributed by atoms with E-state index < -0.39 is 0 Å². The zero-order valence-electron chi connectivity index (χ0n) is 15.8. The summed E-state index contributed by atoms with van der Waals surface area (Å²) in [7, 11) is 0. The number of benzene rings is 1. The lowest BCUT2D eigenvalue weighted by atomic mass is 9.99. The lowest BCUT2D eigenvalue weighted by molar-refractivity contribution is 0.403. The second-order valence-electron chi connectivity index (χ2n) is 8.08. The molecule has 2 bridgehead atoms. The van der Waals surface area contributed by atoms with Gasteiger partial charge < -0.3 is 4.57 Å². The maximum absolute atomic E-state index is 5.16. The van der Waals surface area contributed by atoms with Crippen molar-refractivity contribution in [2.75, 3.05) is 0 Å². The van der Waals surface area contributed by atoms with Gasteiger partial charge in [0.1, 0.15) is 11.5 Å². The Hall–Kier alpha value is -3.08. The fourth-order valence-corrected chi connectivity index (χ4v) is 4.96. The Morgan fingerprint density at radius 3 is 2.75 bits per heavy atom. The average Bonchev–Trinajstić information content (AvgIpc) is 3.30. The number of hydrogen-bond acceptors (Lipinski definition) is 4. The summed E-state index contributed by atoms with van der Waals surface area (Å²) in [5, 5.41) is 0.